The van der Waals surface area contributed by atoms with Crippen LogP contribution < -0.4 is 0 Å². The monoisotopic (exact) mass is 424 g/mol. The predicted octanol–water partition coefficient (Wildman–Crippen LogP) is 7.24. The van der Waals surface area contributed by atoms with Crippen molar-refractivity contribution < 1.29 is 19.1 Å². The van der Waals surface area contributed by atoms with E-state index in [-0.39, 0.29) is 23.8 Å². The molecule has 0 bridgehead atoms. The quantitative estimate of drug-likeness (QED) is 0.182. The van der Waals surface area contributed by atoms with Crippen molar-refractivity contribution in [3.05, 3.63) is 0 Å². The Hall–Kier alpha value is -1.06. The molecule has 1 rings (SSSR count). The number of carbonyl (C=O) groups excluding carboxylic acids is 2. The van der Waals surface area contributed by atoms with E-state index in [4.69, 9.17) is 9.47 Å². The van der Waals surface area contributed by atoms with Gasteiger partial charge in [0.1, 0.15) is 0 Å². The fourth-order valence-electron chi connectivity index (χ4n) is 4.21. The van der Waals surface area contributed by atoms with E-state index in [2.05, 4.69) is 20.8 Å². The average Bonchev–Trinajstić information content (AvgIpc) is 2.74. The Morgan fingerprint density at radius 1 is 0.667 bits per heavy atom. The standard InChI is InChI=1S/C26H48O4/c1-4-5-13-20-29-25(27)23-16-18-24(19-17-23)26(28)30-21-14-11-9-7-6-8-10-12-15-22(2)3/h22-24H,4-21H2,1-3H3. The highest BCUT2D eigenvalue weighted by atomic mass is 16.5. The summed E-state index contributed by atoms with van der Waals surface area (Å²) in [5.74, 6) is 0.647. The Morgan fingerprint density at radius 2 is 1.07 bits per heavy atom. The first-order valence-electron chi connectivity index (χ1n) is 12.9. The fraction of sp³-hybridized carbons (Fsp3) is 0.923. The summed E-state index contributed by atoms with van der Waals surface area (Å²) in [6, 6.07) is 0. The Balaban J connectivity index is 1.96. The lowest BCUT2D eigenvalue weighted by Gasteiger charge is -2.26. The van der Waals surface area contributed by atoms with Gasteiger partial charge in [0.2, 0.25) is 0 Å². The van der Waals surface area contributed by atoms with Gasteiger partial charge >= 0.3 is 11.9 Å². The lowest BCUT2D eigenvalue weighted by molar-refractivity contribution is -0.155. The molecular weight excluding hydrogens is 376 g/mol. The molecule has 0 aromatic carbocycles. The second kappa shape index (κ2) is 17.6. The van der Waals surface area contributed by atoms with Gasteiger partial charge in [-0.2, -0.15) is 0 Å². The van der Waals surface area contributed by atoms with Gasteiger partial charge in [-0.1, -0.05) is 85.0 Å². The summed E-state index contributed by atoms with van der Waals surface area (Å²) in [5.41, 5.74) is 0. The molecule has 0 aromatic rings. The van der Waals surface area contributed by atoms with Gasteiger partial charge in [-0.25, -0.2) is 0 Å². The van der Waals surface area contributed by atoms with Crippen LogP contribution in [0.1, 0.15) is 124 Å². The second-order valence-electron chi connectivity index (χ2n) is 9.60. The summed E-state index contributed by atoms with van der Waals surface area (Å²) in [4.78, 5) is 24.4. The SMILES string of the molecule is CCCCCOC(=O)C1CCC(C(=O)OCCCCCCCCCCC(C)C)CC1. The van der Waals surface area contributed by atoms with Crippen molar-refractivity contribution >= 4 is 11.9 Å². The maximum atomic E-state index is 12.3. The Bertz CT molecular complexity index is 438. The third-order valence-corrected chi connectivity index (χ3v) is 6.31. The molecule has 4 nitrogen and oxygen atoms in total. The van der Waals surface area contributed by atoms with E-state index >= 15 is 0 Å². The molecule has 4 heteroatoms. The van der Waals surface area contributed by atoms with Crippen LogP contribution in [0.3, 0.4) is 0 Å². The van der Waals surface area contributed by atoms with Crippen LogP contribution in [-0.2, 0) is 19.1 Å². The molecule has 0 spiro atoms. The van der Waals surface area contributed by atoms with Crippen molar-refractivity contribution in [2.24, 2.45) is 17.8 Å². The minimum absolute atomic E-state index is 0.0268. The second-order valence-corrected chi connectivity index (χ2v) is 9.60. The highest BCUT2D eigenvalue weighted by Gasteiger charge is 2.31. The van der Waals surface area contributed by atoms with E-state index in [1.54, 1.807) is 0 Å². The number of ether oxygens (including phenoxy) is 2. The first kappa shape index (κ1) is 27.0. The molecule has 0 unspecified atom stereocenters. The molecule has 1 aliphatic carbocycles. The van der Waals surface area contributed by atoms with Gasteiger partial charge in [0, 0.05) is 0 Å². The molecule has 0 N–H and O–H groups in total. The lowest BCUT2D eigenvalue weighted by Crippen LogP contribution is -2.28. The third-order valence-electron chi connectivity index (χ3n) is 6.31. The first-order chi connectivity index (χ1) is 14.5. The smallest absolute Gasteiger partial charge is 0.308 e. The number of hydrogen-bond donors (Lipinski definition) is 0. The zero-order valence-corrected chi connectivity index (χ0v) is 20.1. The normalized spacial score (nSPS) is 19.1. The average molecular weight is 425 g/mol. The van der Waals surface area contributed by atoms with Gasteiger partial charge in [-0.15, -0.1) is 0 Å². The molecular formula is C26H48O4. The predicted molar refractivity (Wildman–Crippen MR) is 123 cm³/mol. The van der Waals surface area contributed by atoms with Gasteiger partial charge in [-0.05, 0) is 44.4 Å². The maximum Gasteiger partial charge on any atom is 0.308 e. The molecule has 0 aromatic heterocycles. The summed E-state index contributed by atoms with van der Waals surface area (Å²) in [6.45, 7) is 7.81. The largest absolute Gasteiger partial charge is 0.465 e. The number of rotatable bonds is 17. The van der Waals surface area contributed by atoms with Gasteiger partial charge in [0.25, 0.3) is 0 Å². The summed E-state index contributed by atoms with van der Waals surface area (Å²) in [6.07, 6.45) is 17.6. The van der Waals surface area contributed by atoms with Crippen LogP contribution in [0, 0.1) is 17.8 Å². The van der Waals surface area contributed by atoms with Gasteiger partial charge < -0.3 is 9.47 Å². The number of unbranched alkanes of at least 4 members (excludes halogenated alkanes) is 9. The van der Waals surface area contributed by atoms with E-state index in [1.807, 2.05) is 0 Å². The molecule has 1 aliphatic rings. The number of carbonyl (C=O) groups is 2. The van der Waals surface area contributed by atoms with Crippen LogP contribution in [0.4, 0.5) is 0 Å². The van der Waals surface area contributed by atoms with E-state index in [0.717, 1.165) is 63.7 Å². The van der Waals surface area contributed by atoms with Crippen molar-refractivity contribution in [3.63, 3.8) is 0 Å². The topological polar surface area (TPSA) is 52.6 Å². The van der Waals surface area contributed by atoms with Crippen molar-refractivity contribution in [2.75, 3.05) is 13.2 Å². The Kier molecular flexibility index (Phi) is 15.8. The van der Waals surface area contributed by atoms with Crippen molar-refractivity contribution in [2.45, 2.75) is 124 Å². The Labute approximate surface area is 185 Å². The summed E-state index contributed by atoms with van der Waals surface area (Å²) < 4.78 is 10.9. The fourth-order valence-corrected chi connectivity index (χ4v) is 4.21. The van der Waals surface area contributed by atoms with Gasteiger partial charge in [0.05, 0.1) is 25.0 Å². The van der Waals surface area contributed by atoms with Crippen LogP contribution in [-0.4, -0.2) is 25.2 Å². The molecule has 1 fully saturated rings. The van der Waals surface area contributed by atoms with E-state index in [9.17, 15) is 9.59 Å². The summed E-state index contributed by atoms with van der Waals surface area (Å²) in [7, 11) is 0. The molecule has 30 heavy (non-hydrogen) atoms. The Morgan fingerprint density at radius 3 is 1.50 bits per heavy atom. The van der Waals surface area contributed by atoms with Crippen LogP contribution in [0.15, 0.2) is 0 Å². The lowest BCUT2D eigenvalue weighted by atomic mass is 9.82. The number of hydrogen-bond acceptors (Lipinski definition) is 4. The highest BCUT2D eigenvalue weighted by molar-refractivity contribution is 5.75. The van der Waals surface area contributed by atoms with Crippen molar-refractivity contribution in [1.29, 1.82) is 0 Å². The molecule has 0 saturated heterocycles. The summed E-state index contributed by atoms with van der Waals surface area (Å²) in [5, 5.41) is 0. The molecule has 0 atom stereocenters. The van der Waals surface area contributed by atoms with E-state index < -0.39 is 0 Å². The van der Waals surface area contributed by atoms with Gasteiger partial charge in [-0.3, -0.25) is 9.59 Å². The molecule has 0 amide bonds. The van der Waals surface area contributed by atoms with Crippen molar-refractivity contribution in [3.8, 4) is 0 Å². The zero-order chi connectivity index (χ0) is 22.0. The van der Waals surface area contributed by atoms with Crippen LogP contribution in [0.5, 0.6) is 0 Å². The van der Waals surface area contributed by atoms with Crippen LogP contribution in [0.2, 0.25) is 0 Å². The van der Waals surface area contributed by atoms with E-state index in [1.165, 1.54) is 44.9 Å². The third kappa shape index (κ3) is 13.3. The molecule has 1 saturated carbocycles. The maximum absolute atomic E-state index is 12.3. The first-order valence-corrected chi connectivity index (χ1v) is 12.9. The number of esters is 2. The molecule has 176 valence electrons. The van der Waals surface area contributed by atoms with Crippen molar-refractivity contribution in [1.82, 2.24) is 0 Å². The molecule has 0 heterocycles. The van der Waals surface area contributed by atoms with Gasteiger partial charge in [0.15, 0.2) is 0 Å². The zero-order valence-electron chi connectivity index (χ0n) is 20.1. The summed E-state index contributed by atoms with van der Waals surface area (Å²) >= 11 is 0. The highest BCUT2D eigenvalue weighted by Crippen LogP contribution is 2.30. The van der Waals surface area contributed by atoms with Crippen LogP contribution in [0.25, 0.3) is 0 Å². The van der Waals surface area contributed by atoms with Crippen LogP contribution >= 0.6 is 0 Å². The minimum atomic E-state index is -0.0714. The molecule has 0 aliphatic heterocycles. The van der Waals surface area contributed by atoms with E-state index in [0.29, 0.717) is 13.2 Å². The minimum Gasteiger partial charge on any atom is -0.465 e. The molecule has 0 radical (unpaired) electrons.